The molecule has 1 amide bonds. The first-order valence-electron chi connectivity index (χ1n) is 7.55. The normalized spacial score (nSPS) is 16.5. The van der Waals surface area contributed by atoms with Crippen molar-refractivity contribution >= 4 is 26.7 Å². The van der Waals surface area contributed by atoms with Crippen molar-refractivity contribution < 1.29 is 13.2 Å². The molecule has 8 nitrogen and oxygen atoms in total. The van der Waals surface area contributed by atoms with Gasteiger partial charge in [-0.05, 0) is 6.07 Å². The van der Waals surface area contributed by atoms with Gasteiger partial charge in [0.2, 0.25) is 15.9 Å². The van der Waals surface area contributed by atoms with Gasteiger partial charge in [0.1, 0.15) is 0 Å². The lowest BCUT2D eigenvalue weighted by Gasteiger charge is -2.33. The number of carbonyl (C=O) groups excluding carboxylic acids is 1. The minimum Gasteiger partial charge on any atom is -0.340 e. The SMILES string of the molecule is CS(=O)(=O)N1CCN(C(=O)Cc2n[nH]c(=O)c3ccccc23)CC1. The lowest BCUT2D eigenvalue weighted by atomic mass is 10.1. The molecule has 1 N–H and O–H groups in total. The summed E-state index contributed by atoms with van der Waals surface area (Å²) in [6.07, 6.45) is 1.23. The molecule has 0 spiro atoms. The van der Waals surface area contributed by atoms with Gasteiger partial charge in [0.25, 0.3) is 5.56 Å². The molecule has 9 heteroatoms. The Bertz CT molecular complexity index is 930. The summed E-state index contributed by atoms with van der Waals surface area (Å²) in [7, 11) is -3.22. The Morgan fingerprint density at radius 3 is 2.42 bits per heavy atom. The highest BCUT2D eigenvalue weighted by atomic mass is 32.2. The molecular weight excluding hydrogens is 332 g/mol. The van der Waals surface area contributed by atoms with Crippen molar-refractivity contribution in [3.63, 3.8) is 0 Å². The van der Waals surface area contributed by atoms with E-state index in [2.05, 4.69) is 10.2 Å². The number of hydrogen-bond donors (Lipinski definition) is 1. The number of sulfonamides is 1. The van der Waals surface area contributed by atoms with E-state index in [1.807, 2.05) is 0 Å². The van der Waals surface area contributed by atoms with Gasteiger partial charge in [-0.2, -0.15) is 9.40 Å². The molecule has 0 radical (unpaired) electrons. The lowest BCUT2D eigenvalue weighted by molar-refractivity contribution is -0.131. The van der Waals surface area contributed by atoms with E-state index in [1.165, 1.54) is 10.6 Å². The van der Waals surface area contributed by atoms with Crippen LogP contribution in [0.2, 0.25) is 0 Å². The van der Waals surface area contributed by atoms with E-state index in [-0.39, 0.29) is 17.9 Å². The van der Waals surface area contributed by atoms with Gasteiger partial charge < -0.3 is 4.90 Å². The number of rotatable bonds is 3. The van der Waals surface area contributed by atoms with Gasteiger partial charge in [-0.1, -0.05) is 18.2 Å². The number of amides is 1. The number of piperazine rings is 1. The fourth-order valence-corrected chi connectivity index (χ4v) is 3.66. The first-order valence-corrected chi connectivity index (χ1v) is 9.40. The van der Waals surface area contributed by atoms with Crippen LogP contribution in [0.5, 0.6) is 0 Å². The average molecular weight is 350 g/mol. The smallest absolute Gasteiger partial charge is 0.272 e. The first-order chi connectivity index (χ1) is 11.4. The number of H-pyrrole nitrogens is 1. The largest absolute Gasteiger partial charge is 0.340 e. The zero-order valence-corrected chi connectivity index (χ0v) is 14.0. The fraction of sp³-hybridized carbons (Fsp3) is 0.400. The van der Waals surface area contributed by atoms with Crippen LogP contribution in [-0.4, -0.2) is 66.2 Å². The Balaban J connectivity index is 1.75. The van der Waals surface area contributed by atoms with Crippen molar-refractivity contribution in [3.05, 3.63) is 40.3 Å². The third-order valence-electron chi connectivity index (χ3n) is 4.15. The first kappa shape index (κ1) is 16.6. The van der Waals surface area contributed by atoms with Gasteiger partial charge in [0, 0.05) is 31.6 Å². The molecule has 1 aliphatic heterocycles. The van der Waals surface area contributed by atoms with Crippen LogP contribution in [0.4, 0.5) is 0 Å². The highest BCUT2D eigenvalue weighted by Crippen LogP contribution is 2.14. The van der Waals surface area contributed by atoms with Crippen LogP contribution in [0.3, 0.4) is 0 Å². The summed E-state index contributed by atoms with van der Waals surface area (Å²) >= 11 is 0. The minimum atomic E-state index is -3.22. The lowest BCUT2D eigenvalue weighted by Crippen LogP contribution is -2.50. The highest BCUT2D eigenvalue weighted by Gasteiger charge is 2.26. The van der Waals surface area contributed by atoms with Crippen LogP contribution >= 0.6 is 0 Å². The van der Waals surface area contributed by atoms with Gasteiger partial charge in [0.05, 0.1) is 23.8 Å². The summed E-state index contributed by atoms with van der Waals surface area (Å²) in [5, 5.41) is 7.57. The predicted molar refractivity (Wildman–Crippen MR) is 89.1 cm³/mol. The standard InChI is InChI=1S/C15H18N4O4S/c1-24(22,23)19-8-6-18(7-9-19)14(20)10-13-11-4-2-3-5-12(11)15(21)17-16-13/h2-5H,6-10H2,1H3,(H,17,21). The molecule has 128 valence electrons. The zero-order valence-electron chi connectivity index (χ0n) is 13.2. The topological polar surface area (TPSA) is 103 Å². The third kappa shape index (κ3) is 3.31. The summed E-state index contributed by atoms with van der Waals surface area (Å²) in [6.45, 7) is 1.30. The Kier molecular flexibility index (Phi) is 4.37. The molecule has 1 aromatic heterocycles. The van der Waals surface area contributed by atoms with Crippen molar-refractivity contribution in [1.82, 2.24) is 19.4 Å². The molecule has 2 heterocycles. The zero-order chi connectivity index (χ0) is 17.3. The number of nitrogens with one attached hydrogen (secondary N) is 1. The third-order valence-corrected chi connectivity index (χ3v) is 5.46. The molecule has 2 aromatic rings. The van der Waals surface area contributed by atoms with Crippen LogP contribution in [0.25, 0.3) is 10.8 Å². The van der Waals surface area contributed by atoms with Gasteiger partial charge >= 0.3 is 0 Å². The molecule has 0 atom stereocenters. The maximum absolute atomic E-state index is 12.5. The predicted octanol–water partition coefficient (Wildman–Crippen LogP) is -0.431. The molecule has 0 aliphatic carbocycles. The van der Waals surface area contributed by atoms with Crippen molar-refractivity contribution in [2.24, 2.45) is 0 Å². The van der Waals surface area contributed by atoms with Gasteiger partial charge in [-0.25, -0.2) is 13.5 Å². The molecule has 3 rings (SSSR count). The van der Waals surface area contributed by atoms with Gasteiger partial charge in [0.15, 0.2) is 0 Å². The van der Waals surface area contributed by atoms with E-state index < -0.39 is 10.0 Å². The Morgan fingerprint density at radius 2 is 1.79 bits per heavy atom. The van der Waals surface area contributed by atoms with E-state index in [9.17, 15) is 18.0 Å². The molecule has 1 aliphatic rings. The molecule has 1 aromatic carbocycles. The second kappa shape index (κ2) is 6.33. The molecule has 1 fully saturated rings. The Labute approximate surface area is 139 Å². The van der Waals surface area contributed by atoms with Crippen molar-refractivity contribution in [3.8, 4) is 0 Å². The molecule has 0 saturated carbocycles. The summed E-state index contributed by atoms with van der Waals surface area (Å²) in [4.78, 5) is 25.9. The maximum atomic E-state index is 12.5. The van der Waals surface area contributed by atoms with Crippen LogP contribution in [-0.2, 0) is 21.2 Å². The average Bonchev–Trinajstić information content (AvgIpc) is 2.57. The monoisotopic (exact) mass is 350 g/mol. The Hall–Kier alpha value is -2.26. The molecule has 24 heavy (non-hydrogen) atoms. The van der Waals surface area contributed by atoms with E-state index >= 15 is 0 Å². The number of aromatic amines is 1. The second-order valence-corrected chi connectivity index (χ2v) is 7.75. The van der Waals surface area contributed by atoms with E-state index in [0.717, 1.165) is 0 Å². The van der Waals surface area contributed by atoms with Gasteiger partial charge in [-0.15, -0.1) is 0 Å². The molecule has 1 saturated heterocycles. The highest BCUT2D eigenvalue weighted by molar-refractivity contribution is 7.88. The fourth-order valence-electron chi connectivity index (χ4n) is 2.83. The summed E-state index contributed by atoms with van der Waals surface area (Å²) < 4.78 is 24.4. The van der Waals surface area contributed by atoms with E-state index in [1.54, 1.807) is 29.2 Å². The molecule has 0 bridgehead atoms. The summed E-state index contributed by atoms with van der Waals surface area (Å²) in [5.74, 6) is -0.132. The van der Waals surface area contributed by atoms with Gasteiger partial charge in [-0.3, -0.25) is 9.59 Å². The number of benzene rings is 1. The van der Waals surface area contributed by atoms with Crippen molar-refractivity contribution in [1.29, 1.82) is 0 Å². The number of nitrogens with zero attached hydrogens (tertiary/aromatic N) is 3. The number of carbonyl (C=O) groups is 1. The second-order valence-electron chi connectivity index (χ2n) is 5.76. The van der Waals surface area contributed by atoms with Crippen molar-refractivity contribution in [2.75, 3.05) is 32.4 Å². The number of aromatic nitrogens is 2. The number of fused-ring (bicyclic) bond motifs is 1. The summed E-state index contributed by atoms with van der Waals surface area (Å²) in [6, 6.07) is 7.01. The minimum absolute atomic E-state index is 0.0656. The Morgan fingerprint density at radius 1 is 1.17 bits per heavy atom. The molecule has 0 unspecified atom stereocenters. The molecular formula is C15H18N4O4S. The number of hydrogen-bond acceptors (Lipinski definition) is 5. The van der Waals surface area contributed by atoms with Crippen LogP contribution in [0.1, 0.15) is 5.69 Å². The van der Waals surface area contributed by atoms with Crippen LogP contribution in [0.15, 0.2) is 29.1 Å². The summed E-state index contributed by atoms with van der Waals surface area (Å²) in [5.41, 5.74) is 0.226. The maximum Gasteiger partial charge on any atom is 0.272 e. The van der Waals surface area contributed by atoms with E-state index in [4.69, 9.17) is 0 Å². The van der Waals surface area contributed by atoms with Crippen molar-refractivity contribution in [2.45, 2.75) is 6.42 Å². The van der Waals surface area contributed by atoms with Crippen LogP contribution in [0, 0.1) is 0 Å². The van der Waals surface area contributed by atoms with E-state index in [0.29, 0.717) is 42.6 Å². The quantitative estimate of drug-likeness (QED) is 0.809. The van der Waals surface area contributed by atoms with Crippen LogP contribution < -0.4 is 5.56 Å².